The van der Waals surface area contributed by atoms with Crippen LogP contribution < -0.4 is 0 Å². The first-order chi connectivity index (χ1) is 6.22. The van der Waals surface area contributed by atoms with Gasteiger partial charge in [-0.3, -0.25) is 4.21 Å². The maximum Gasteiger partial charge on any atom is 0.123 e. The first kappa shape index (κ1) is 10.3. The third-order valence-corrected chi connectivity index (χ3v) is 2.83. The van der Waals surface area contributed by atoms with Crippen molar-refractivity contribution in [1.82, 2.24) is 0 Å². The molecule has 0 radical (unpaired) electrons. The zero-order chi connectivity index (χ0) is 9.68. The third-order valence-electron chi connectivity index (χ3n) is 1.54. The van der Waals surface area contributed by atoms with E-state index in [4.69, 9.17) is 5.11 Å². The summed E-state index contributed by atoms with van der Waals surface area (Å²) in [7, 11) is -1.10. The molecule has 1 atom stereocenters. The summed E-state index contributed by atoms with van der Waals surface area (Å²) in [4.78, 5) is 0. The predicted octanol–water partition coefficient (Wildman–Crippen LogP) is 1.07. The van der Waals surface area contributed by atoms with E-state index >= 15 is 0 Å². The van der Waals surface area contributed by atoms with Crippen LogP contribution in [0.15, 0.2) is 24.3 Å². The van der Waals surface area contributed by atoms with Crippen LogP contribution in [0, 0.1) is 5.82 Å². The molecule has 0 fully saturated rings. The molecular formula is C9H11FO2S. The maximum atomic E-state index is 12.7. The van der Waals surface area contributed by atoms with Crippen LogP contribution >= 0.6 is 0 Å². The van der Waals surface area contributed by atoms with Gasteiger partial charge in [-0.2, -0.15) is 0 Å². The van der Waals surface area contributed by atoms with Crippen LogP contribution in [0.4, 0.5) is 4.39 Å². The molecule has 0 bridgehead atoms. The Morgan fingerprint density at radius 1 is 1.46 bits per heavy atom. The molecular weight excluding hydrogens is 191 g/mol. The minimum absolute atomic E-state index is 0.0953. The van der Waals surface area contributed by atoms with Crippen LogP contribution in [0.1, 0.15) is 5.56 Å². The molecule has 0 aliphatic carbocycles. The summed E-state index contributed by atoms with van der Waals surface area (Å²) in [5.74, 6) is 0.230. The molecule has 0 spiro atoms. The number of rotatable bonds is 4. The molecule has 4 heteroatoms. The van der Waals surface area contributed by atoms with Crippen LogP contribution in [0.2, 0.25) is 0 Å². The van der Waals surface area contributed by atoms with Gasteiger partial charge in [0, 0.05) is 22.3 Å². The number of aliphatic hydroxyl groups excluding tert-OH is 1. The van der Waals surface area contributed by atoms with Crippen molar-refractivity contribution < 1.29 is 13.7 Å². The standard InChI is InChI=1S/C9H11FO2S/c10-9-3-1-2-8(6-9)7-13(12)5-4-11/h1-3,6,11H,4-5,7H2. The van der Waals surface area contributed by atoms with Gasteiger partial charge in [0.15, 0.2) is 0 Å². The number of hydrogen-bond donors (Lipinski definition) is 1. The molecule has 0 saturated carbocycles. The van der Waals surface area contributed by atoms with Crippen LogP contribution in [0.25, 0.3) is 0 Å². The quantitative estimate of drug-likeness (QED) is 0.793. The van der Waals surface area contributed by atoms with Gasteiger partial charge in [-0.05, 0) is 17.7 Å². The Hall–Kier alpha value is -0.740. The van der Waals surface area contributed by atoms with Crippen LogP contribution in [-0.2, 0) is 16.6 Å². The Labute approximate surface area is 78.9 Å². The first-order valence-electron chi connectivity index (χ1n) is 3.92. The Morgan fingerprint density at radius 3 is 2.85 bits per heavy atom. The summed E-state index contributed by atoms with van der Waals surface area (Å²) in [6.45, 7) is -0.0953. The number of benzene rings is 1. The summed E-state index contributed by atoms with van der Waals surface area (Å²) in [5, 5.41) is 8.50. The molecule has 0 aliphatic rings. The number of aliphatic hydroxyl groups is 1. The van der Waals surface area contributed by atoms with Crippen molar-refractivity contribution in [3.8, 4) is 0 Å². The van der Waals surface area contributed by atoms with E-state index < -0.39 is 10.8 Å². The topological polar surface area (TPSA) is 37.3 Å². The molecule has 2 nitrogen and oxygen atoms in total. The van der Waals surface area contributed by atoms with Crippen LogP contribution in [0.5, 0.6) is 0 Å². The van der Waals surface area contributed by atoms with Gasteiger partial charge in [-0.15, -0.1) is 0 Å². The van der Waals surface area contributed by atoms with Gasteiger partial charge < -0.3 is 5.11 Å². The van der Waals surface area contributed by atoms with E-state index in [-0.39, 0.29) is 18.2 Å². The Kier molecular flexibility index (Phi) is 4.05. The van der Waals surface area contributed by atoms with Crippen molar-refractivity contribution in [1.29, 1.82) is 0 Å². The van der Waals surface area contributed by atoms with E-state index in [0.29, 0.717) is 11.3 Å². The van der Waals surface area contributed by atoms with E-state index in [0.717, 1.165) is 0 Å². The van der Waals surface area contributed by atoms with Crippen molar-refractivity contribution in [2.45, 2.75) is 5.75 Å². The zero-order valence-corrected chi connectivity index (χ0v) is 7.89. The number of halogens is 1. The van der Waals surface area contributed by atoms with Crippen molar-refractivity contribution >= 4 is 10.8 Å². The lowest BCUT2D eigenvalue weighted by atomic mass is 10.2. The second-order valence-electron chi connectivity index (χ2n) is 2.64. The highest BCUT2D eigenvalue weighted by molar-refractivity contribution is 7.84. The second kappa shape index (κ2) is 5.09. The summed E-state index contributed by atoms with van der Waals surface area (Å²) in [6, 6.07) is 6.01. The highest BCUT2D eigenvalue weighted by Gasteiger charge is 2.01. The Bertz CT molecular complexity index is 301. The SMILES string of the molecule is O=S(CCO)Cc1cccc(F)c1. The predicted molar refractivity (Wildman–Crippen MR) is 50.2 cm³/mol. The van der Waals surface area contributed by atoms with Gasteiger partial charge in [0.05, 0.1) is 6.61 Å². The van der Waals surface area contributed by atoms with Gasteiger partial charge in [0.1, 0.15) is 5.82 Å². The summed E-state index contributed by atoms with van der Waals surface area (Å²) >= 11 is 0. The molecule has 0 saturated heterocycles. The van der Waals surface area contributed by atoms with Crippen LogP contribution in [0.3, 0.4) is 0 Å². The minimum Gasteiger partial charge on any atom is -0.395 e. The first-order valence-corrected chi connectivity index (χ1v) is 5.41. The average molecular weight is 202 g/mol. The van der Waals surface area contributed by atoms with Gasteiger partial charge in [0.2, 0.25) is 0 Å². The lowest BCUT2D eigenvalue weighted by molar-refractivity contribution is 0.321. The average Bonchev–Trinajstić information content (AvgIpc) is 2.04. The highest BCUT2D eigenvalue weighted by atomic mass is 32.2. The molecule has 0 aromatic heterocycles. The smallest absolute Gasteiger partial charge is 0.123 e. The van der Waals surface area contributed by atoms with Crippen molar-refractivity contribution in [2.75, 3.05) is 12.4 Å². The van der Waals surface area contributed by atoms with Gasteiger partial charge in [0.25, 0.3) is 0 Å². The largest absolute Gasteiger partial charge is 0.395 e. The van der Waals surface area contributed by atoms with E-state index in [1.807, 2.05) is 0 Å². The lowest BCUT2D eigenvalue weighted by Crippen LogP contribution is -2.04. The molecule has 0 amide bonds. The van der Waals surface area contributed by atoms with Crippen molar-refractivity contribution in [3.63, 3.8) is 0 Å². The maximum absolute atomic E-state index is 12.7. The van der Waals surface area contributed by atoms with E-state index in [1.165, 1.54) is 12.1 Å². The van der Waals surface area contributed by atoms with Crippen LogP contribution in [-0.4, -0.2) is 21.7 Å². The molecule has 0 heterocycles. The van der Waals surface area contributed by atoms with Crippen molar-refractivity contribution in [3.05, 3.63) is 35.6 Å². The van der Waals surface area contributed by atoms with E-state index in [9.17, 15) is 8.60 Å². The fraction of sp³-hybridized carbons (Fsp3) is 0.333. The van der Waals surface area contributed by atoms with E-state index in [1.54, 1.807) is 12.1 Å². The fourth-order valence-electron chi connectivity index (χ4n) is 0.987. The third kappa shape index (κ3) is 3.65. The van der Waals surface area contributed by atoms with E-state index in [2.05, 4.69) is 0 Å². The molecule has 13 heavy (non-hydrogen) atoms. The van der Waals surface area contributed by atoms with Gasteiger partial charge >= 0.3 is 0 Å². The second-order valence-corrected chi connectivity index (χ2v) is 4.22. The lowest BCUT2D eigenvalue weighted by Gasteiger charge is -2.00. The fourth-order valence-corrected chi connectivity index (χ4v) is 1.89. The summed E-state index contributed by atoms with van der Waals surface area (Å²) in [6.07, 6.45) is 0. The molecule has 72 valence electrons. The Balaban J connectivity index is 2.58. The van der Waals surface area contributed by atoms with Gasteiger partial charge in [-0.1, -0.05) is 12.1 Å². The molecule has 1 N–H and O–H groups in total. The van der Waals surface area contributed by atoms with Crippen molar-refractivity contribution in [2.24, 2.45) is 0 Å². The summed E-state index contributed by atoms with van der Waals surface area (Å²) in [5.41, 5.74) is 0.701. The Morgan fingerprint density at radius 2 is 2.23 bits per heavy atom. The normalized spacial score (nSPS) is 12.8. The molecule has 1 rings (SSSR count). The minimum atomic E-state index is -1.10. The highest BCUT2D eigenvalue weighted by Crippen LogP contribution is 2.06. The zero-order valence-electron chi connectivity index (χ0n) is 7.07. The molecule has 1 aromatic rings. The summed E-state index contributed by atoms with van der Waals surface area (Å²) < 4.78 is 23.8. The molecule has 1 aromatic carbocycles. The number of hydrogen-bond acceptors (Lipinski definition) is 2. The molecule has 1 unspecified atom stereocenters. The molecule has 0 aliphatic heterocycles. The van der Waals surface area contributed by atoms with Gasteiger partial charge in [-0.25, -0.2) is 4.39 Å². The monoisotopic (exact) mass is 202 g/mol.